The number of benzene rings is 7. The van der Waals surface area contributed by atoms with E-state index in [4.69, 9.17) is 23.1 Å². The smallest absolute Gasteiger partial charge is 0.255 e. The number of nitrogens with two attached hydrogens (primary N) is 2. The first-order valence-electron chi connectivity index (χ1n) is 18.6. The van der Waals surface area contributed by atoms with Crippen molar-refractivity contribution in [2.75, 3.05) is 22.1 Å². The summed E-state index contributed by atoms with van der Waals surface area (Å²) >= 11 is 5.16. The fourth-order valence-electron chi connectivity index (χ4n) is 6.65. The fraction of sp³-hybridized carbons (Fsp3) is 0. The van der Waals surface area contributed by atoms with Gasteiger partial charge in [-0.25, -0.2) is 0 Å². The Kier molecular flexibility index (Phi) is 11.9. The van der Waals surface area contributed by atoms with Crippen LogP contribution in [-0.4, -0.2) is 40.2 Å². The van der Waals surface area contributed by atoms with E-state index in [0.717, 1.165) is 0 Å². The van der Waals surface area contributed by atoms with Crippen molar-refractivity contribution in [3.63, 3.8) is 0 Å². The molecule has 2 amide bonds. The summed E-state index contributed by atoms with van der Waals surface area (Å²) in [6.45, 7) is 0. The summed E-state index contributed by atoms with van der Waals surface area (Å²) in [5, 5.41) is 5.12. The maximum Gasteiger partial charge on any atom is 0.255 e. The summed E-state index contributed by atoms with van der Waals surface area (Å²) < 4.78 is 0. The maximum absolute atomic E-state index is 13.3. The van der Waals surface area contributed by atoms with E-state index < -0.39 is 5.24 Å². The number of hydrogen-bond acceptors (Lipinski definition) is 9. The largest absolute Gasteiger partial charge is 0.399 e. The van der Waals surface area contributed by atoms with Gasteiger partial charge in [-0.15, -0.1) is 0 Å². The number of amides is 2. The van der Waals surface area contributed by atoms with Crippen molar-refractivity contribution >= 4 is 74.5 Å². The van der Waals surface area contributed by atoms with Crippen molar-refractivity contribution < 1.29 is 33.6 Å². The Balaban J connectivity index is 0.000000171. The van der Waals surface area contributed by atoms with Crippen LogP contribution in [0.15, 0.2) is 164 Å². The molecular formula is C49H33ClN4O7. The second kappa shape index (κ2) is 17.7. The molecule has 9 rings (SSSR count). The van der Waals surface area contributed by atoms with Crippen molar-refractivity contribution in [1.82, 2.24) is 0 Å². The van der Waals surface area contributed by atoms with Gasteiger partial charge < -0.3 is 22.1 Å². The molecular weight excluding hydrogens is 792 g/mol. The van der Waals surface area contributed by atoms with Crippen LogP contribution in [0.4, 0.5) is 22.7 Å². The molecule has 0 aliphatic heterocycles. The number of carbonyl (C=O) groups excluding carboxylic acids is 7. The lowest BCUT2D eigenvalue weighted by atomic mass is 9.83. The number of nitrogen functional groups attached to an aromatic ring is 2. The Morgan fingerprint density at radius 1 is 0.361 bits per heavy atom. The van der Waals surface area contributed by atoms with Crippen LogP contribution >= 0.6 is 11.6 Å². The van der Waals surface area contributed by atoms with E-state index in [1.165, 1.54) is 24.3 Å². The second-order valence-electron chi connectivity index (χ2n) is 13.7. The zero-order valence-electron chi connectivity index (χ0n) is 32.0. The van der Waals surface area contributed by atoms with E-state index >= 15 is 0 Å². The Labute approximate surface area is 354 Å². The molecule has 0 aromatic heterocycles. The van der Waals surface area contributed by atoms with Gasteiger partial charge in [0.2, 0.25) is 0 Å². The Hall–Kier alpha value is -8.28. The number of anilines is 4. The van der Waals surface area contributed by atoms with Crippen LogP contribution in [0.3, 0.4) is 0 Å². The number of rotatable bonds is 5. The van der Waals surface area contributed by atoms with Crippen LogP contribution in [0.2, 0.25) is 0 Å². The molecule has 0 heterocycles. The van der Waals surface area contributed by atoms with Crippen molar-refractivity contribution in [2.45, 2.75) is 0 Å². The first-order valence-corrected chi connectivity index (χ1v) is 19.0. The van der Waals surface area contributed by atoms with Gasteiger partial charge in [0, 0.05) is 83.9 Å². The summed E-state index contributed by atoms with van der Waals surface area (Å²) in [6.07, 6.45) is 0. The quantitative estimate of drug-likeness (QED) is 0.0970. The molecule has 2 aliphatic rings. The van der Waals surface area contributed by atoms with Gasteiger partial charge in [-0.1, -0.05) is 66.7 Å². The average Bonchev–Trinajstić information content (AvgIpc) is 3.28. The predicted molar refractivity (Wildman–Crippen MR) is 234 cm³/mol. The fourth-order valence-corrected chi connectivity index (χ4v) is 6.77. The van der Waals surface area contributed by atoms with Gasteiger partial charge in [0.05, 0.1) is 0 Å². The van der Waals surface area contributed by atoms with E-state index in [1.54, 1.807) is 121 Å². The van der Waals surface area contributed by atoms with Crippen LogP contribution < -0.4 is 22.1 Å². The molecule has 6 N–H and O–H groups in total. The van der Waals surface area contributed by atoms with Crippen LogP contribution in [-0.2, 0) is 0 Å². The van der Waals surface area contributed by atoms with Gasteiger partial charge in [0.1, 0.15) is 0 Å². The minimum atomic E-state index is -0.407. The molecule has 0 radical (unpaired) electrons. The molecule has 7 aromatic rings. The minimum absolute atomic E-state index is 0.167. The highest BCUT2D eigenvalue weighted by Gasteiger charge is 2.31. The van der Waals surface area contributed by atoms with Crippen molar-refractivity contribution in [3.05, 3.63) is 225 Å². The molecule has 11 nitrogen and oxygen atoms in total. The summed E-state index contributed by atoms with van der Waals surface area (Å²) in [5.41, 5.74) is 17.0. The predicted octanol–water partition coefficient (Wildman–Crippen LogP) is 8.66. The van der Waals surface area contributed by atoms with Crippen LogP contribution in [0, 0.1) is 0 Å². The molecule has 0 spiro atoms. The van der Waals surface area contributed by atoms with E-state index in [-0.39, 0.29) is 57.2 Å². The minimum Gasteiger partial charge on any atom is -0.399 e. The molecule has 0 bridgehead atoms. The molecule has 2 aliphatic carbocycles. The van der Waals surface area contributed by atoms with E-state index in [1.807, 2.05) is 18.2 Å². The SMILES string of the molecule is Nc1ccc2c(c1)C(=O)c1cc(N)ccc1C2=O.O=C(Cl)c1ccccc1.O=C(Nc1ccc2c(c1)C(=O)c1cc(NC(=O)c3ccccc3)ccc1C2=O)c1ccccc1. The van der Waals surface area contributed by atoms with E-state index in [9.17, 15) is 33.6 Å². The van der Waals surface area contributed by atoms with Gasteiger partial charge >= 0.3 is 0 Å². The summed E-state index contributed by atoms with van der Waals surface area (Å²) in [7, 11) is 0. The number of carbonyl (C=O) groups is 7. The molecule has 7 aromatic carbocycles. The standard InChI is InChI=1S/C28H18N2O4.C14H10N2O2.C7H5ClO/c31-25-21-13-11-19(29-27(33)17-7-3-1-4-8-17)15-23(21)26(32)24-16-20(12-14-22(24)25)30-28(34)18-9-5-2-6-10-18;15-7-1-3-9-11(5-7)14(18)12-6-8(16)2-4-10(12)13(9)17;8-7(9)6-4-2-1-3-5-6/h1-16H,(H,29,33)(H,30,34);1-6H,15-16H2;1-5H. The molecule has 0 unspecified atom stereocenters. The molecule has 61 heavy (non-hydrogen) atoms. The zero-order valence-corrected chi connectivity index (χ0v) is 32.7. The topological polar surface area (TPSA) is 196 Å². The molecule has 298 valence electrons. The Morgan fingerprint density at radius 2 is 0.656 bits per heavy atom. The highest BCUT2D eigenvalue weighted by molar-refractivity contribution is 6.67. The van der Waals surface area contributed by atoms with Crippen LogP contribution in [0.1, 0.15) is 94.8 Å². The molecule has 0 atom stereocenters. The first kappa shape index (κ1) is 40.9. The second-order valence-corrected chi connectivity index (χ2v) is 14.1. The van der Waals surface area contributed by atoms with Gasteiger partial charge in [-0.05, 0) is 109 Å². The van der Waals surface area contributed by atoms with E-state index in [0.29, 0.717) is 61.7 Å². The maximum atomic E-state index is 13.3. The highest BCUT2D eigenvalue weighted by Crippen LogP contribution is 2.32. The molecule has 0 saturated carbocycles. The molecule has 12 heteroatoms. The van der Waals surface area contributed by atoms with Crippen LogP contribution in [0.25, 0.3) is 0 Å². The lowest BCUT2D eigenvalue weighted by molar-refractivity contribution is 0.0979. The zero-order chi connectivity index (χ0) is 43.2. The number of ketones is 4. The third kappa shape index (κ3) is 8.92. The van der Waals surface area contributed by atoms with Crippen molar-refractivity contribution in [2.24, 2.45) is 0 Å². The molecule has 0 saturated heterocycles. The lowest BCUT2D eigenvalue weighted by Crippen LogP contribution is -2.22. The third-order valence-electron chi connectivity index (χ3n) is 9.67. The number of hydrogen-bond donors (Lipinski definition) is 4. The number of fused-ring (bicyclic) bond motifs is 4. The summed E-state index contributed by atoms with van der Waals surface area (Å²) in [5.74, 6) is -1.65. The van der Waals surface area contributed by atoms with Gasteiger partial charge in [-0.2, -0.15) is 0 Å². The Bertz CT molecular complexity index is 2750. The average molecular weight is 825 g/mol. The number of nitrogens with one attached hydrogen (secondary N) is 2. The van der Waals surface area contributed by atoms with Crippen LogP contribution in [0.5, 0.6) is 0 Å². The highest BCUT2D eigenvalue weighted by atomic mass is 35.5. The summed E-state index contributed by atoms with van der Waals surface area (Å²) in [4.78, 5) is 86.3. The monoisotopic (exact) mass is 824 g/mol. The van der Waals surface area contributed by atoms with Crippen molar-refractivity contribution in [1.29, 1.82) is 0 Å². The number of halogens is 1. The van der Waals surface area contributed by atoms with Gasteiger partial charge in [0.25, 0.3) is 17.1 Å². The van der Waals surface area contributed by atoms with E-state index in [2.05, 4.69) is 10.6 Å². The van der Waals surface area contributed by atoms with Crippen molar-refractivity contribution in [3.8, 4) is 0 Å². The first-order chi connectivity index (χ1) is 29.4. The molecule has 0 fully saturated rings. The van der Waals surface area contributed by atoms with Gasteiger partial charge in [-0.3, -0.25) is 33.6 Å². The third-order valence-corrected chi connectivity index (χ3v) is 9.89. The lowest BCUT2D eigenvalue weighted by Gasteiger charge is -2.19. The Morgan fingerprint density at radius 3 is 0.984 bits per heavy atom. The summed E-state index contributed by atoms with van der Waals surface area (Å²) in [6, 6.07) is 44.9. The normalized spacial score (nSPS) is 11.8. The van der Waals surface area contributed by atoms with Gasteiger partial charge in [0.15, 0.2) is 23.1 Å².